The van der Waals surface area contributed by atoms with E-state index in [-0.39, 0.29) is 0 Å². The average molecular weight is 751 g/mol. The highest BCUT2D eigenvalue weighted by molar-refractivity contribution is 6.26. The first-order chi connectivity index (χ1) is 29.3. The molecule has 0 unspecified atom stereocenters. The third-order valence-corrected chi connectivity index (χ3v) is 11.8. The number of rotatable bonds is 5. The fourth-order valence-corrected chi connectivity index (χ4v) is 9.14. The zero-order valence-electron chi connectivity index (χ0n) is 31.9. The quantitative estimate of drug-likeness (QED) is 0.165. The smallest absolute Gasteiger partial charge is 0.164 e. The Balaban J connectivity index is 1.17. The van der Waals surface area contributed by atoms with Gasteiger partial charge in [-0.2, -0.15) is 0 Å². The van der Waals surface area contributed by atoms with Gasteiger partial charge in [-0.3, -0.25) is 0 Å². The minimum Gasteiger partial charge on any atom is -0.309 e. The molecule has 0 saturated heterocycles. The Kier molecular flexibility index (Phi) is 7.50. The van der Waals surface area contributed by atoms with Crippen molar-refractivity contribution in [2.75, 3.05) is 0 Å². The van der Waals surface area contributed by atoms with E-state index in [1.165, 1.54) is 48.7 Å². The van der Waals surface area contributed by atoms with E-state index in [1.807, 2.05) is 36.4 Å². The lowest BCUT2D eigenvalue weighted by Crippen LogP contribution is -2.00. The van der Waals surface area contributed by atoms with Crippen LogP contribution in [0.5, 0.6) is 0 Å². The number of hydrogen-bond donors (Lipinski definition) is 0. The highest BCUT2D eigenvalue weighted by Crippen LogP contribution is 2.43. The molecule has 0 radical (unpaired) electrons. The van der Waals surface area contributed by atoms with Gasteiger partial charge < -0.3 is 4.57 Å². The second-order valence-corrected chi connectivity index (χ2v) is 15.2. The molecule has 59 heavy (non-hydrogen) atoms. The first-order valence-electron chi connectivity index (χ1n) is 20.0. The first kappa shape index (κ1) is 33.2. The van der Waals surface area contributed by atoms with Gasteiger partial charge in [0.05, 0.1) is 11.0 Å². The Morgan fingerprint density at radius 3 is 1.49 bits per heavy atom. The Morgan fingerprint density at radius 2 is 0.814 bits per heavy atom. The van der Waals surface area contributed by atoms with Gasteiger partial charge in [0.25, 0.3) is 0 Å². The summed E-state index contributed by atoms with van der Waals surface area (Å²) in [6, 6.07) is 73.5. The summed E-state index contributed by atoms with van der Waals surface area (Å²) in [5, 5.41) is 12.2. The Hall–Kier alpha value is -7.95. The van der Waals surface area contributed by atoms with E-state index in [1.54, 1.807) is 0 Å². The van der Waals surface area contributed by atoms with E-state index in [0.717, 1.165) is 49.7 Å². The van der Waals surface area contributed by atoms with Crippen molar-refractivity contribution in [3.8, 4) is 51.0 Å². The van der Waals surface area contributed by atoms with Crippen LogP contribution in [-0.2, 0) is 0 Å². The molecule has 4 heteroatoms. The molecule has 0 fully saturated rings. The molecule has 274 valence electrons. The largest absolute Gasteiger partial charge is 0.309 e. The van der Waals surface area contributed by atoms with Gasteiger partial charge >= 0.3 is 0 Å². The molecular weight excluding hydrogens is 717 g/mol. The lowest BCUT2D eigenvalue weighted by atomic mass is 9.94. The van der Waals surface area contributed by atoms with Crippen LogP contribution in [-0.4, -0.2) is 19.5 Å². The zero-order chi connectivity index (χ0) is 38.9. The molecular formula is C55H34N4. The van der Waals surface area contributed by atoms with Crippen molar-refractivity contribution in [1.29, 1.82) is 0 Å². The number of nitrogens with zero attached hydrogens (tertiary/aromatic N) is 4. The SMILES string of the molecule is c1ccc(-c2nc(-c3ccccc3)nc(-c3cccc4c3c3cc(-c5cccc6ccccc56)ccc3n4-c3ccc4c5ccccc5c5ccccc5c4c3)n2)cc1. The maximum atomic E-state index is 5.23. The van der Waals surface area contributed by atoms with E-state index in [0.29, 0.717) is 17.5 Å². The molecule has 0 N–H and O–H groups in total. The van der Waals surface area contributed by atoms with Crippen LogP contribution in [0.4, 0.5) is 0 Å². The normalized spacial score (nSPS) is 11.7. The highest BCUT2D eigenvalue weighted by Gasteiger charge is 2.21. The van der Waals surface area contributed by atoms with Crippen molar-refractivity contribution >= 4 is 64.9 Å². The summed E-state index contributed by atoms with van der Waals surface area (Å²) < 4.78 is 2.42. The lowest BCUT2D eigenvalue weighted by molar-refractivity contribution is 1.08. The van der Waals surface area contributed by atoms with Crippen LogP contribution in [0.15, 0.2) is 206 Å². The minimum atomic E-state index is 0.633. The highest BCUT2D eigenvalue weighted by atomic mass is 15.0. The van der Waals surface area contributed by atoms with E-state index in [4.69, 9.17) is 15.0 Å². The molecule has 0 spiro atoms. The number of benzene rings is 10. The molecule has 0 aliphatic heterocycles. The minimum absolute atomic E-state index is 0.633. The molecule has 2 aromatic heterocycles. The van der Waals surface area contributed by atoms with E-state index >= 15 is 0 Å². The van der Waals surface area contributed by atoms with Crippen molar-refractivity contribution in [3.05, 3.63) is 206 Å². The molecule has 0 aliphatic carbocycles. The van der Waals surface area contributed by atoms with E-state index in [9.17, 15) is 0 Å². The summed E-state index contributed by atoms with van der Waals surface area (Å²) in [5.74, 6) is 1.91. The van der Waals surface area contributed by atoms with E-state index in [2.05, 4.69) is 174 Å². The number of hydrogen-bond acceptors (Lipinski definition) is 3. The van der Waals surface area contributed by atoms with Crippen molar-refractivity contribution in [2.45, 2.75) is 0 Å². The molecule has 10 aromatic carbocycles. The second-order valence-electron chi connectivity index (χ2n) is 15.2. The molecule has 0 atom stereocenters. The zero-order valence-corrected chi connectivity index (χ0v) is 31.9. The number of aromatic nitrogens is 4. The van der Waals surface area contributed by atoms with Gasteiger partial charge in [-0.1, -0.05) is 176 Å². The third-order valence-electron chi connectivity index (χ3n) is 11.8. The van der Waals surface area contributed by atoms with Crippen molar-refractivity contribution in [3.63, 3.8) is 0 Å². The Bertz CT molecular complexity index is 3510. The lowest BCUT2D eigenvalue weighted by Gasteiger charge is -2.14. The van der Waals surface area contributed by atoms with Crippen LogP contribution in [0.2, 0.25) is 0 Å². The van der Waals surface area contributed by atoms with Gasteiger partial charge in [-0.05, 0) is 84.5 Å². The number of fused-ring (bicyclic) bond motifs is 10. The maximum Gasteiger partial charge on any atom is 0.164 e. The van der Waals surface area contributed by atoms with Crippen molar-refractivity contribution in [2.24, 2.45) is 0 Å². The van der Waals surface area contributed by atoms with Gasteiger partial charge in [0.1, 0.15) is 0 Å². The molecule has 0 bridgehead atoms. The summed E-state index contributed by atoms with van der Waals surface area (Å²) in [6.45, 7) is 0. The summed E-state index contributed by atoms with van der Waals surface area (Å²) in [6.07, 6.45) is 0. The van der Waals surface area contributed by atoms with Crippen molar-refractivity contribution in [1.82, 2.24) is 19.5 Å². The summed E-state index contributed by atoms with van der Waals surface area (Å²) in [7, 11) is 0. The Labute approximate surface area is 340 Å². The molecule has 12 rings (SSSR count). The standard InChI is InChI=1S/C55H34N4/c1-3-16-36(17-4-1)53-56-54(37-18-5-2-6-19-37)58-55(57-53)47-27-14-28-51-52(47)49-33-38(41-26-13-20-35-15-7-8-21-40(35)41)29-32-50(49)59(51)39-30-31-46-44-24-10-9-22-42(44)43-23-11-12-25-45(43)48(46)34-39/h1-34H. The van der Waals surface area contributed by atoms with Crippen LogP contribution in [0.25, 0.3) is 116 Å². The van der Waals surface area contributed by atoms with Gasteiger partial charge in [-0.15, -0.1) is 0 Å². The van der Waals surface area contributed by atoms with Gasteiger partial charge in [0.15, 0.2) is 17.5 Å². The summed E-state index contributed by atoms with van der Waals surface area (Å²) >= 11 is 0. The molecule has 4 nitrogen and oxygen atoms in total. The third kappa shape index (κ3) is 5.34. The summed E-state index contributed by atoms with van der Waals surface area (Å²) in [4.78, 5) is 15.5. The molecule has 2 heterocycles. The van der Waals surface area contributed by atoms with Crippen LogP contribution < -0.4 is 0 Å². The van der Waals surface area contributed by atoms with E-state index < -0.39 is 0 Å². The van der Waals surface area contributed by atoms with Crippen LogP contribution in [0.1, 0.15) is 0 Å². The van der Waals surface area contributed by atoms with Gasteiger partial charge in [0.2, 0.25) is 0 Å². The van der Waals surface area contributed by atoms with Crippen molar-refractivity contribution < 1.29 is 0 Å². The average Bonchev–Trinajstić information content (AvgIpc) is 3.65. The molecule has 0 aliphatic rings. The maximum absolute atomic E-state index is 5.23. The summed E-state index contributed by atoms with van der Waals surface area (Å²) in [5.41, 5.74) is 8.49. The monoisotopic (exact) mass is 750 g/mol. The van der Waals surface area contributed by atoms with Crippen LogP contribution in [0.3, 0.4) is 0 Å². The van der Waals surface area contributed by atoms with Crippen LogP contribution >= 0.6 is 0 Å². The second kappa shape index (κ2) is 13.3. The van der Waals surface area contributed by atoms with Gasteiger partial charge in [-0.25, -0.2) is 15.0 Å². The fourth-order valence-electron chi connectivity index (χ4n) is 9.14. The predicted molar refractivity (Wildman–Crippen MR) is 246 cm³/mol. The van der Waals surface area contributed by atoms with Gasteiger partial charge in [0, 0.05) is 33.2 Å². The fraction of sp³-hybridized carbons (Fsp3) is 0. The predicted octanol–water partition coefficient (Wildman–Crippen LogP) is 14.2. The topological polar surface area (TPSA) is 43.6 Å². The first-order valence-corrected chi connectivity index (χ1v) is 20.0. The Morgan fingerprint density at radius 1 is 0.288 bits per heavy atom. The molecule has 0 saturated carbocycles. The molecule has 0 amide bonds. The van der Waals surface area contributed by atoms with Crippen LogP contribution in [0, 0.1) is 0 Å². The molecule has 12 aromatic rings.